The van der Waals surface area contributed by atoms with Gasteiger partial charge in [0.15, 0.2) is 0 Å². The van der Waals surface area contributed by atoms with E-state index in [9.17, 15) is 8.42 Å². The van der Waals surface area contributed by atoms with Gasteiger partial charge in [-0.05, 0) is 55.8 Å². The maximum atomic E-state index is 11.7. The van der Waals surface area contributed by atoms with E-state index in [0.717, 1.165) is 23.9 Å². The second-order valence-corrected chi connectivity index (χ2v) is 9.29. The summed E-state index contributed by atoms with van der Waals surface area (Å²) in [6.07, 6.45) is 4.20. The maximum Gasteiger partial charge on any atom is 0.150 e. The van der Waals surface area contributed by atoms with E-state index in [0.29, 0.717) is 17.7 Å². The van der Waals surface area contributed by atoms with Crippen LogP contribution in [0.4, 0.5) is 0 Å². The average molecular weight is 374 g/mol. The van der Waals surface area contributed by atoms with Gasteiger partial charge in [-0.3, -0.25) is 0 Å². The van der Waals surface area contributed by atoms with Gasteiger partial charge < -0.3 is 5.32 Å². The Balaban J connectivity index is 1.91. The molecule has 3 nitrogen and oxygen atoms in total. The zero-order valence-electron chi connectivity index (χ0n) is 12.5. The van der Waals surface area contributed by atoms with Crippen LogP contribution in [0.15, 0.2) is 28.7 Å². The second kappa shape index (κ2) is 7.75. The molecule has 0 aliphatic heterocycles. The van der Waals surface area contributed by atoms with E-state index in [-0.39, 0.29) is 5.75 Å². The molecule has 21 heavy (non-hydrogen) atoms. The fourth-order valence-electron chi connectivity index (χ4n) is 2.34. The standard InChI is InChI=1S/C16H24BrNO2S/c1-2-21(19,20)10-9-14(12-18-16-7-8-16)11-13-3-5-15(17)6-4-13/h3-6,14,16,18H,2,7-12H2,1H3. The quantitative estimate of drug-likeness (QED) is 0.722. The molecule has 0 aromatic heterocycles. The van der Waals surface area contributed by atoms with Crippen LogP contribution < -0.4 is 5.32 Å². The Kier molecular flexibility index (Phi) is 6.26. The van der Waals surface area contributed by atoms with Gasteiger partial charge in [0, 0.05) is 16.3 Å². The van der Waals surface area contributed by atoms with Crippen molar-refractivity contribution in [2.24, 2.45) is 5.92 Å². The van der Waals surface area contributed by atoms with Crippen molar-refractivity contribution in [1.82, 2.24) is 5.32 Å². The highest BCUT2D eigenvalue weighted by molar-refractivity contribution is 9.10. The third-order valence-electron chi connectivity index (χ3n) is 3.99. The average Bonchev–Trinajstić information content (AvgIpc) is 3.28. The van der Waals surface area contributed by atoms with E-state index in [2.05, 4.69) is 33.4 Å². The molecule has 1 aromatic carbocycles. The molecule has 118 valence electrons. The van der Waals surface area contributed by atoms with Crippen molar-refractivity contribution in [2.75, 3.05) is 18.1 Å². The second-order valence-electron chi connectivity index (χ2n) is 5.90. The Hall–Kier alpha value is -0.390. The highest BCUT2D eigenvalue weighted by Gasteiger charge is 2.22. The zero-order chi connectivity index (χ0) is 15.3. The molecule has 1 aliphatic rings. The molecule has 0 radical (unpaired) electrons. The first kappa shape index (κ1) is 17.0. The fraction of sp³-hybridized carbons (Fsp3) is 0.625. The van der Waals surface area contributed by atoms with E-state index < -0.39 is 9.84 Å². The van der Waals surface area contributed by atoms with Crippen LogP contribution in [0.1, 0.15) is 31.7 Å². The highest BCUT2D eigenvalue weighted by Crippen LogP contribution is 2.21. The Bertz CT molecular complexity index is 538. The van der Waals surface area contributed by atoms with Crippen LogP contribution in [0.5, 0.6) is 0 Å². The predicted octanol–water partition coefficient (Wildman–Crippen LogP) is 3.18. The first-order chi connectivity index (χ1) is 9.98. The molecule has 1 unspecified atom stereocenters. The van der Waals surface area contributed by atoms with Crippen molar-refractivity contribution >= 4 is 25.8 Å². The van der Waals surface area contributed by atoms with Crippen LogP contribution in [-0.2, 0) is 16.3 Å². The maximum absolute atomic E-state index is 11.7. The van der Waals surface area contributed by atoms with Crippen LogP contribution in [0.3, 0.4) is 0 Å². The molecule has 0 spiro atoms. The first-order valence-electron chi connectivity index (χ1n) is 7.67. The van der Waals surface area contributed by atoms with E-state index in [4.69, 9.17) is 0 Å². The molecule has 5 heteroatoms. The number of hydrogen-bond acceptors (Lipinski definition) is 3. The van der Waals surface area contributed by atoms with Crippen molar-refractivity contribution < 1.29 is 8.42 Å². The summed E-state index contributed by atoms with van der Waals surface area (Å²) in [6, 6.07) is 8.98. The van der Waals surface area contributed by atoms with Gasteiger partial charge in [0.1, 0.15) is 9.84 Å². The summed E-state index contributed by atoms with van der Waals surface area (Å²) in [5, 5.41) is 3.54. The number of hydrogen-bond donors (Lipinski definition) is 1. The molecule has 1 aromatic rings. The van der Waals surface area contributed by atoms with Gasteiger partial charge >= 0.3 is 0 Å². The van der Waals surface area contributed by atoms with Crippen LogP contribution in [0, 0.1) is 5.92 Å². The van der Waals surface area contributed by atoms with Gasteiger partial charge in [-0.1, -0.05) is 35.0 Å². The van der Waals surface area contributed by atoms with Crippen molar-refractivity contribution in [2.45, 2.75) is 38.6 Å². The highest BCUT2D eigenvalue weighted by atomic mass is 79.9. The minimum absolute atomic E-state index is 0.244. The number of halogens is 1. The van der Waals surface area contributed by atoms with Gasteiger partial charge in [0.25, 0.3) is 0 Å². The van der Waals surface area contributed by atoms with Gasteiger partial charge in [-0.25, -0.2) is 8.42 Å². The van der Waals surface area contributed by atoms with Crippen LogP contribution in [0.25, 0.3) is 0 Å². The summed E-state index contributed by atoms with van der Waals surface area (Å²) in [4.78, 5) is 0. The van der Waals surface area contributed by atoms with E-state index in [1.165, 1.54) is 18.4 Å². The minimum atomic E-state index is -2.87. The monoisotopic (exact) mass is 373 g/mol. The summed E-state index contributed by atoms with van der Waals surface area (Å²) in [5.41, 5.74) is 1.27. The van der Waals surface area contributed by atoms with E-state index in [1.54, 1.807) is 6.92 Å². The summed E-state index contributed by atoms with van der Waals surface area (Å²) >= 11 is 3.44. The van der Waals surface area contributed by atoms with Crippen LogP contribution in [-0.4, -0.2) is 32.5 Å². The summed E-state index contributed by atoms with van der Waals surface area (Å²) in [7, 11) is -2.87. The molecule has 0 heterocycles. The SMILES string of the molecule is CCS(=O)(=O)CCC(CNC1CC1)Cc1ccc(Br)cc1. The fourth-order valence-corrected chi connectivity index (χ4v) is 3.59. The van der Waals surface area contributed by atoms with E-state index in [1.807, 2.05) is 12.1 Å². The summed E-state index contributed by atoms with van der Waals surface area (Å²) < 4.78 is 24.5. The Morgan fingerprint density at radius 2 is 1.95 bits per heavy atom. The van der Waals surface area contributed by atoms with Gasteiger partial charge in [-0.15, -0.1) is 0 Å². The molecule has 1 N–H and O–H groups in total. The Morgan fingerprint density at radius 1 is 1.29 bits per heavy atom. The lowest BCUT2D eigenvalue weighted by atomic mass is 9.97. The lowest BCUT2D eigenvalue weighted by molar-refractivity contribution is 0.457. The van der Waals surface area contributed by atoms with Crippen molar-refractivity contribution in [3.05, 3.63) is 34.3 Å². The molecular formula is C16H24BrNO2S. The lowest BCUT2D eigenvalue weighted by Crippen LogP contribution is -2.28. The molecule has 2 rings (SSSR count). The first-order valence-corrected chi connectivity index (χ1v) is 10.3. The number of sulfone groups is 1. The molecule has 0 amide bonds. The van der Waals surface area contributed by atoms with Crippen molar-refractivity contribution in [3.63, 3.8) is 0 Å². The third kappa shape index (κ3) is 6.49. The topological polar surface area (TPSA) is 46.2 Å². The largest absolute Gasteiger partial charge is 0.314 e. The van der Waals surface area contributed by atoms with Gasteiger partial charge in [-0.2, -0.15) is 0 Å². The summed E-state index contributed by atoms with van der Waals surface area (Å²) in [5.74, 6) is 0.929. The smallest absolute Gasteiger partial charge is 0.150 e. The number of nitrogens with one attached hydrogen (secondary N) is 1. The molecule has 1 fully saturated rings. The lowest BCUT2D eigenvalue weighted by Gasteiger charge is -2.18. The van der Waals surface area contributed by atoms with Crippen LogP contribution in [0.2, 0.25) is 0 Å². The van der Waals surface area contributed by atoms with Gasteiger partial charge in [0.05, 0.1) is 5.75 Å². The molecule has 0 bridgehead atoms. The number of rotatable bonds is 9. The molecule has 0 saturated heterocycles. The van der Waals surface area contributed by atoms with E-state index >= 15 is 0 Å². The molecule has 1 atom stereocenters. The molecule has 1 aliphatic carbocycles. The Morgan fingerprint density at radius 3 is 2.52 bits per heavy atom. The minimum Gasteiger partial charge on any atom is -0.314 e. The van der Waals surface area contributed by atoms with Crippen LogP contribution >= 0.6 is 15.9 Å². The predicted molar refractivity (Wildman–Crippen MR) is 91.3 cm³/mol. The number of benzene rings is 1. The van der Waals surface area contributed by atoms with Gasteiger partial charge in [0.2, 0.25) is 0 Å². The zero-order valence-corrected chi connectivity index (χ0v) is 14.9. The normalized spacial score (nSPS) is 16.9. The summed E-state index contributed by atoms with van der Waals surface area (Å²) in [6.45, 7) is 2.64. The van der Waals surface area contributed by atoms with Crippen molar-refractivity contribution in [1.29, 1.82) is 0 Å². The Labute approximate surface area is 136 Å². The molecule has 1 saturated carbocycles. The third-order valence-corrected chi connectivity index (χ3v) is 6.25. The van der Waals surface area contributed by atoms with Crippen molar-refractivity contribution in [3.8, 4) is 0 Å². The molecular weight excluding hydrogens is 350 g/mol.